The van der Waals surface area contributed by atoms with Crippen molar-refractivity contribution in [3.8, 4) is 5.75 Å². The van der Waals surface area contributed by atoms with Gasteiger partial charge in [-0.2, -0.15) is 0 Å². The third kappa shape index (κ3) is 2.43. The molecule has 2 aromatic rings. The quantitative estimate of drug-likeness (QED) is 0.757. The van der Waals surface area contributed by atoms with Crippen LogP contribution in [0.4, 0.5) is 17.1 Å². The minimum absolute atomic E-state index is 0.485. The summed E-state index contributed by atoms with van der Waals surface area (Å²) in [4.78, 5) is 12.8. The molecular weight excluding hydrogens is 354 g/mol. The molecule has 1 saturated heterocycles. The van der Waals surface area contributed by atoms with Crippen LogP contribution in [-0.4, -0.2) is 18.9 Å². The Morgan fingerprint density at radius 2 is 1.89 bits per heavy atom. The second-order valence-electron chi connectivity index (χ2n) is 7.44. The van der Waals surface area contributed by atoms with Crippen LogP contribution in [0.2, 0.25) is 0 Å². The molecule has 0 amide bonds. The smallest absolute Gasteiger partial charge is 0.351 e. The lowest BCUT2D eigenvalue weighted by atomic mass is 10.0. The molecule has 1 unspecified atom stereocenters. The van der Waals surface area contributed by atoms with Crippen molar-refractivity contribution in [1.82, 2.24) is 5.48 Å². The molecular formula is C21H23N5O2. The van der Waals surface area contributed by atoms with E-state index in [-0.39, 0.29) is 0 Å². The van der Waals surface area contributed by atoms with Crippen LogP contribution < -0.4 is 25.8 Å². The largest absolute Gasteiger partial charge is 0.471 e. The minimum Gasteiger partial charge on any atom is -0.471 e. The zero-order valence-electron chi connectivity index (χ0n) is 16.4. The van der Waals surface area contributed by atoms with Crippen molar-refractivity contribution in [2.45, 2.75) is 33.7 Å². The second kappa shape index (κ2) is 5.90. The summed E-state index contributed by atoms with van der Waals surface area (Å²) in [5, 5.41) is 6.73. The van der Waals surface area contributed by atoms with Crippen LogP contribution in [0.25, 0.3) is 0 Å². The van der Waals surface area contributed by atoms with E-state index in [1.165, 1.54) is 16.7 Å². The lowest BCUT2D eigenvalue weighted by Gasteiger charge is -2.36. The highest BCUT2D eigenvalue weighted by atomic mass is 16.7. The Balaban J connectivity index is 1.58. The Morgan fingerprint density at radius 1 is 1.11 bits per heavy atom. The molecule has 28 heavy (non-hydrogen) atoms. The maximum absolute atomic E-state index is 5.99. The van der Waals surface area contributed by atoms with Gasteiger partial charge in [0.25, 0.3) is 0 Å². The molecule has 3 aliphatic heterocycles. The fourth-order valence-electron chi connectivity index (χ4n) is 3.78. The van der Waals surface area contributed by atoms with Crippen LogP contribution in [-0.2, 0) is 4.84 Å². The SMILES string of the molecule is CC1=C2NOC(Nc3cc(C)c(C)c(C)c3)(N=C1)N2c1ccc2c(c1)NCO2. The third-order valence-electron chi connectivity index (χ3n) is 5.57. The first kappa shape index (κ1) is 16.9. The lowest BCUT2D eigenvalue weighted by molar-refractivity contribution is -0.0214. The summed E-state index contributed by atoms with van der Waals surface area (Å²) in [6, 6.07) is 10.3. The van der Waals surface area contributed by atoms with Gasteiger partial charge in [0.05, 0.1) is 11.4 Å². The van der Waals surface area contributed by atoms with E-state index in [0.29, 0.717) is 6.73 Å². The molecule has 0 aromatic heterocycles. The van der Waals surface area contributed by atoms with Crippen molar-refractivity contribution in [2.24, 2.45) is 4.99 Å². The van der Waals surface area contributed by atoms with E-state index in [1.807, 2.05) is 30.2 Å². The highest BCUT2D eigenvalue weighted by Gasteiger charge is 2.49. The molecule has 0 aliphatic carbocycles. The number of nitrogens with one attached hydrogen (secondary N) is 3. The number of anilines is 3. The van der Waals surface area contributed by atoms with Gasteiger partial charge in [-0.25, -0.2) is 15.3 Å². The van der Waals surface area contributed by atoms with Gasteiger partial charge in [0.2, 0.25) is 0 Å². The number of ether oxygens (including phenoxy) is 1. The first-order chi connectivity index (χ1) is 13.5. The molecule has 3 N–H and O–H groups in total. The summed E-state index contributed by atoms with van der Waals surface area (Å²) in [7, 11) is 0. The van der Waals surface area contributed by atoms with Crippen LogP contribution in [0.1, 0.15) is 23.6 Å². The number of benzene rings is 2. The van der Waals surface area contributed by atoms with Crippen molar-refractivity contribution in [3.63, 3.8) is 0 Å². The average molecular weight is 377 g/mol. The Morgan fingerprint density at radius 3 is 2.68 bits per heavy atom. The van der Waals surface area contributed by atoms with Crippen molar-refractivity contribution in [1.29, 1.82) is 0 Å². The number of aryl methyl sites for hydroxylation is 2. The Bertz CT molecular complexity index is 1020. The summed E-state index contributed by atoms with van der Waals surface area (Å²) < 4.78 is 5.56. The zero-order chi connectivity index (χ0) is 19.5. The van der Waals surface area contributed by atoms with Crippen LogP contribution in [0, 0.1) is 20.8 Å². The number of aliphatic imine (C=N–C) groups is 1. The monoisotopic (exact) mass is 377 g/mol. The Kier molecular flexibility index (Phi) is 3.57. The summed E-state index contributed by atoms with van der Waals surface area (Å²) in [5.41, 5.74) is 10.6. The molecule has 0 radical (unpaired) electrons. The van der Waals surface area contributed by atoms with Crippen LogP contribution in [0.5, 0.6) is 5.75 Å². The van der Waals surface area contributed by atoms with Crippen LogP contribution >= 0.6 is 0 Å². The molecule has 7 nitrogen and oxygen atoms in total. The minimum atomic E-state index is -1.10. The molecule has 5 rings (SSSR count). The standard InChI is InChI=1S/C21H23N5O2/c1-12-7-16(8-13(2)15(12)4)24-21-23-10-14(3)20(25-28-21)26(21)17-5-6-19-18(9-17)22-11-27-19/h5-10,22,24-25H,11H2,1-4H3. The van der Waals surface area contributed by atoms with E-state index in [2.05, 4.69) is 55.1 Å². The van der Waals surface area contributed by atoms with Gasteiger partial charge in [-0.1, -0.05) is 0 Å². The van der Waals surface area contributed by atoms with Crippen LogP contribution in [0.15, 0.2) is 46.7 Å². The molecule has 1 fully saturated rings. The highest BCUT2D eigenvalue weighted by molar-refractivity contribution is 5.85. The van der Waals surface area contributed by atoms with Crippen molar-refractivity contribution in [3.05, 3.63) is 58.4 Å². The van der Waals surface area contributed by atoms with Crippen molar-refractivity contribution in [2.75, 3.05) is 22.3 Å². The number of fused-ring (bicyclic) bond motifs is 3. The summed E-state index contributed by atoms with van der Waals surface area (Å²) in [6.07, 6.45) is 1.83. The molecule has 2 bridgehead atoms. The van der Waals surface area contributed by atoms with Gasteiger partial charge >= 0.3 is 5.97 Å². The fraction of sp³-hybridized carbons (Fsp3) is 0.286. The summed E-state index contributed by atoms with van der Waals surface area (Å²) in [5.74, 6) is 0.612. The predicted octanol–water partition coefficient (Wildman–Crippen LogP) is 3.75. The molecule has 0 saturated carbocycles. The fourth-order valence-corrected chi connectivity index (χ4v) is 3.78. The number of allylic oxidation sites excluding steroid dienone is 1. The molecule has 7 heteroatoms. The highest BCUT2D eigenvalue weighted by Crippen LogP contribution is 2.42. The average Bonchev–Trinajstić information content (AvgIpc) is 3.24. The molecule has 144 valence electrons. The van der Waals surface area contributed by atoms with Gasteiger partial charge in [-0.15, -0.1) is 0 Å². The van der Waals surface area contributed by atoms with Gasteiger partial charge in [0.15, 0.2) is 6.73 Å². The lowest BCUT2D eigenvalue weighted by Crippen LogP contribution is -2.51. The molecule has 2 aromatic carbocycles. The topological polar surface area (TPSA) is 70.2 Å². The summed E-state index contributed by atoms with van der Waals surface area (Å²) in [6.45, 7) is 8.85. The Labute approximate surface area is 164 Å². The number of hydrogen-bond donors (Lipinski definition) is 3. The van der Waals surface area contributed by atoms with E-state index >= 15 is 0 Å². The molecule has 3 heterocycles. The molecule has 3 aliphatic rings. The van der Waals surface area contributed by atoms with Gasteiger partial charge in [0, 0.05) is 17.5 Å². The Hall–Kier alpha value is -3.19. The third-order valence-corrected chi connectivity index (χ3v) is 5.57. The maximum Gasteiger partial charge on any atom is 0.351 e. The predicted molar refractivity (Wildman–Crippen MR) is 110 cm³/mol. The normalized spacial score (nSPS) is 21.9. The molecule has 0 spiro atoms. The number of nitrogens with zero attached hydrogens (tertiary/aromatic N) is 2. The van der Waals surface area contributed by atoms with E-state index in [9.17, 15) is 0 Å². The van der Waals surface area contributed by atoms with Gasteiger partial charge in [-0.05, 0) is 74.7 Å². The number of rotatable bonds is 3. The first-order valence-electron chi connectivity index (χ1n) is 9.34. The number of hydroxylamine groups is 1. The molecule has 1 atom stereocenters. The second-order valence-corrected chi connectivity index (χ2v) is 7.44. The van der Waals surface area contributed by atoms with E-state index in [1.54, 1.807) is 0 Å². The van der Waals surface area contributed by atoms with Crippen molar-refractivity contribution >= 4 is 23.3 Å². The van der Waals surface area contributed by atoms with E-state index in [0.717, 1.165) is 34.2 Å². The van der Waals surface area contributed by atoms with Gasteiger partial charge < -0.3 is 15.4 Å². The maximum atomic E-state index is 5.99. The van der Waals surface area contributed by atoms with Gasteiger partial charge in [0.1, 0.15) is 11.6 Å². The van der Waals surface area contributed by atoms with E-state index in [4.69, 9.17) is 14.6 Å². The number of hydrogen-bond acceptors (Lipinski definition) is 7. The van der Waals surface area contributed by atoms with Crippen molar-refractivity contribution < 1.29 is 9.57 Å². The van der Waals surface area contributed by atoms with Gasteiger partial charge in [-0.3, -0.25) is 4.90 Å². The van der Waals surface area contributed by atoms with Crippen LogP contribution in [0.3, 0.4) is 0 Å². The van der Waals surface area contributed by atoms with E-state index < -0.39 is 5.97 Å². The summed E-state index contributed by atoms with van der Waals surface area (Å²) >= 11 is 0. The zero-order valence-corrected chi connectivity index (χ0v) is 16.4. The first-order valence-corrected chi connectivity index (χ1v) is 9.34.